The maximum Gasteiger partial charge on any atom is 0.149 e. The van der Waals surface area contributed by atoms with E-state index in [1.807, 2.05) is 13.8 Å². The van der Waals surface area contributed by atoms with E-state index in [0.29, 0.717) is 5.56 Å². The van der Waals surface area contributed by atoms with Gasteiger partial charge < -0.3 is 11.5 Å². The molecule has 0 radical (unpaired) electrons. The minimum absolute atomic E-state index is 0.123. The molecule has 1 rings (SSSR count). The molecule has 14 heavy (non-hydrogen) atoms. The Balaban J connectivity index is 3.12. The van der Waals surface area contributed by atoms with E-state index in [4.69, 9.17) is 11.5 Å². The third kappa shape index (κ3) is 2.01. The maximum absolute atomic E-state index is 13.0. The van der Waals surface area contributed by atoms with Crippen LogP contribution in [0, 0.1) is 17.6 Å². The molecule has 1 aromatic carbocycles. The van der Waals surface area contributed by atoms with Crippen LogP contribution < -0.4 is 11.5 Å². The van der Waals surface area contributed by atoms with Crippen molar-refractivity contribution in [1.82, 2.24) is 0 Å². The van der Waals surface area contributed by atoms with Gasteiger partial charge in [0.2, 0.25) is 0 Å². The van der Waals surface area contributed by atoms with E-state index < -0.39 is 17.3 Å². The van der Waals surface area contributed by atoms with Gasteiger partial charge in [0.25, 0.3) is 0 Å². The molecule has 0 amide bonds. The Morgan fingerprint density at radius 2 is 1.57 bits per heavy atom. The van der Waals surface area contributed by atoms with E-state index in [0.717, 1.165) is 0 Å². The predicted octanol–water partition coefficient (Wildman–Crippen LogP) is 2.20. The molecule has 0 spiro atoms. The monoisotopic (exact) mass is 200 g/mol. The second-order valence-electron chi connectivity index (χ2n) is 3.67. The van der Waals surface area contributed by atoms with Crippen LogP contribution in [0.2, 0.25) is 0 Å². The standard InChI is InChI=1S/C10H14F2N2/c1-5(2)9(13)6-3-7(11)10(14)8(12)4-6/h3-5,9H,13-14H2,1-2H3/t9-/m0/s1. The number of nitrogen functional groups attached to an aromatic ring is 1. The van der Waals surface area contributed by atoms with Crippen molar-refractivity contribution in [2.75, 3.05) is 5.73 Å². The van der Waals surface area contributed by atoms with Crippen molar-refractivity contribution in [3.63, 3.8) is 0 Å². The number of rotatable bonds is 2. The number of halogens is 2. The molecule has 0 aliphatic heterocycles. The maximum atomic E-state index is 13.0. The van der Waals surface area contributed by atoms with Gasteiger partial charge in [0, 0.05) is 6.04 Å². The summed E-state index contributed by atoms with van der Waals surface area (Å²) >= 11 is 0. The van der Waals surface area contributed by atoms with Crippen molar-refractivity contribution in [1.29, 1.82) is 0 Å². The Kier molecular flexibility index (Phi) is 3.06. The van der Waals surface area contributed by atoms with Gasteiger partial charge in [0.05, 0.1) is 0 Å². The highest BCUT2D eigenvalue weighted by Crippen LogP contribution is 2.24. The molecule has 78 valence electrons. The van der Waals surface area contributed by atoms with Crippen LogP contribution in [0.25, 0.3) is 0 Å². The fourth-order valence-electron chi connectivity index (χ4n) is 1.18. The summed E-state index contributed by atoms with van der Waals surface area (Å²) < 4.78 is 26.1. The number of hydrogen-bond donors (Lipinski definition) is 2. The van der Waals surface area contributed by atoms with Crippen LogP contribution >= 0.6 is 0 Å². The summed E-state index contributed by atoms with van der Waals surface area (Å²) in [5, 5.41) is 0. The second-order valence-corrected chi connectivity index (χ2v) is 3.67. The molecule has 4 heteroatoms. The lowest BCUT2D eigenvalue weighted by Gasteiger charge is -2.16. The van der Waals surface area contributed by atoms with Crippen molar-refractivity contribution in [2.24, 2.45) is 11.7 Å². The lowest BCUT2D eigenvalue weighted by molar-refractivity contribution is 0.504. The molecule has 0 aliphatic carbocycles. The Hall–Kier alpha value is -1.16. The highest BCUT2D eigenvalue weighted by molar-refractivity contribution is 5.43. The summed E-state index contributed by atoms with van der Waals surface area (Å²) in [7, 11) is 0. The number of nitrogens with two attached hydrogens (primary N) is 2. The van der Waals surface area contributed by atoms with Gasteiger partial charge in [-0.1, -0.05) is 13.8 Å². The zero-order valence-electron chi connectivity index (χ0n) is 8.22. The zero-order valence-corrected chi connectivity index (χ0v) is 8.22. The lowest BCUT2D eigenvalue weighted by Crippen LogP contribution is -2.17. The van der Waals surface area contributed by atoms with Gasteiger partial charge in [-0.2, -0.15) is 0 Å². The first kappa shape index (κ1) is 10.9. The molecule has 0 fully saturated rings. The molecule has 1 aromatic rings. The van der Waals surface area contributed by atoms with Crippen LogP contribution in [0.4, 0.5) is 14.5 Å². The smallest absolute Gasteiger partial charge is 0.149 e. The van der Waals surface area contributed by atoms with Crippen molar-refractivity contribution in [3.05, 3.63) is 29.3 Å². The summed E-state index contributed by atoms with van der Waals surface area (Å²) in [6, 6.07) is 1.99. The average Bonchev–Trinajstić information content (AvgIpc) is 2.12. The summed E-state index contributed by atoms with van der Waals surface area (Å²) in [5.41, 5.74) is 10.9. The Labute approximate surface area is 81.9 Å². The molecular formula is C10H14F2N2. The van der Waals surface area contributed by atoms with Crippen molar-refractivity contribution in [3.8, 4) is 0 Å². The first-order chi connectivity index (χ1) is 6.43. The van der Waals surface area contributed by atoms with Gasteiger partial charge in [0.15, 0.2) is 0 Å². The summed E-state index contributed by atoms with van der Waals surface area (Å²) in [6.45, 7) is 3.77. The van der Waals surface area contributed by atoms with Gasteiger partial charge >= 0.3 is 0 Å². The second kappa shape index (κ2) is 3.92. The molecule has 0 aliphatic rings. The van der Waals surface area contributed by atoms with Crippen LogP contribution in [-0.4, -0.2) is 0 Å². The molecule has 1 atom stereocenters. The largest absolute Gasteiger partial charge is 0.394 e. The number of anilines is 1. The minimum Gasteiger partial charge on any atom is -0.394 e. The lowest BCUT2D eigenvalue weighted by atomic mass is 9.96. The van der Waals surface area contributed by atoms with E-state index >= 15 is 0 Å². The zero-order chi connectivity index (χ0) is 10.9. The van der Waals surface area contributed by atoms with Crippen molar-refractivity contribution < 1.29 is 8.78 Å². The van der Waals surface area contributed by atoms with Crippen molar-refractivity contribution in [2.45, 2.75) is 19.9 Å². The first-order valence-corrected chi connectivity index (χ1v) is 4.43. The Morgan fingerprint density at radius 1 is 1.14 bits per heavy atom. The quantitative estimate of drug-likeness (QED) is 0.719. The van der Waals surface area contributed by atoms with Gasteiger partial charge in [-0.3, -0.25) is 0 Å². The fourth-order valence-corrected chi connectivity index (χ4v) is 1.18. The predicted molar refractivity (Wildman–Crippen MR) is 52.5 cm³/mol. The summed E-state index contributed by atoms with van der Waals surface area (Å²) in [6.07, 6.45) is 0. The first-order valence-electron chi connectivity index (χ1n) is 4.43. The average molecular weight is 200 g/mol. The van der Waals surface area contributed by atoms with Gasteiger partial charge in [-0.15, -0.1) is 0 Å². The fraction of sp³-hybridized carbons (Fsp3) is 0.400. The van der Waals surface area contributed by atoms with Crippen molar-refractivity contribution >= 4 is 5.69 Å². The molecule has 2 nitrogen and oxygen atoms in total. The molecule has 0 heterocycles. The molecule has 0 aromatic heterocycles. The highest BCUT2D eigenvalue weighted by Gasteiger charge is 2.15. The van der Waals surface area contributed by atoms with Crippen LogP contribution in [0.5, 0.6) is 0 Å². The van der Waals surface area contributed by atoms with Gasteiger partial charge in [0.1, 0.15) is 17.3 Å². The van der Waals surface area contributed by atoms with Crippen LogP contribution in [-0.2, 0) is 0 Å². The van der Waals surface area contributed by atoms with Crippen LogP contribution in [0.3, 0.4) is 0 Å². The molecular weight excluding hydrogens is 186 g/mol. The van der Waals surface area contributed by atoms with E-state index in [2.05, 4.69) is 0 Å². The van der Waals surface area contributed by atoms with Crippen LogP contribution in [0.15, 0.2) is 12.1 Å². The minimum atomic E-state index is -0.754. The summed E-state index contributed by atoms with van der Waals surface area (Å²) in [4.78, 5) is 0. The molecule has 0 saturated heterocycles. The third-order valence-corrected chi connectivity index (χ3v) is 2.20. The Morgan fingerprint density at radius 3 is 1.93 bits per heavy atom. The van der Waals surface area contributed by atoms with E-state index in [1.54, 1.807) is 0 Å². The topological polar surface area (TPSA) is 52.0 Å². The van der Waals surface area contributed by atoms with Gasteiger partial charge in [-0.05, 0) is 23.6 Å². The van der Waals surface area contributed by atoms with Gasteiger partial charge in [-0.25, -0.2) is 8.78 Å². The molecule has 0 saturated carbocycles. The SMILES string of the molecule is CC(C)[C@H](N)c1cc(F)c(N)c(F)c1. The Bertz CT molecular complexity index is 314. The normalized spacial score (nSPS) is 13.3. The number of hydrogen-bond acceptors (Lipinski definition) is 2. The molecule has 0 unspecified atom stereocenters. The molecule has 4 N–H and O–H groups in total. The van der Waals surface area contributed by atoms with E-state index in [9.17, 15) is 8.78 Å². The third-order valence-electron chi connectivity index (χ3n) is 2.20. The number of benzene rings is 1. The molecule has 0 bridgehead atoms. The highest BCUT2D eigenvalue weighted by atomic mass is 19.1. The van der Waals surface area contributed by atoms with E-state index in [1.165, 1.54) is 12.1 Å². The van der Waals surface area contributed by atoms with Crippen LogP contribution in [0.1, 0.15) is 25.5 Å². The summed E-state index contributed by atoms with van der Waals surface area (Å²) in [5.74, 6) is -1.38. The van der Waals surface area contributed by atoms with E-state index in [-0.39, 0.29) is 12.0 Å².